The van der Waals surface area contributed by atoms with E-state index < -0.39 is 0 Å². The first kappa shape index (κ1) is 32.5. The Labute approximate surface area is 264 Å². The van der Waals surface area contributed by atoms with Gasteiger partial charge >= 0.3 is 0 Å². The fourth-order valence-electron chi connectivity index (χ4n) is 3.80. The van der Waals surface area contributed by atoms with Crippen LogP contribution in [0.15, 0.2) is 109 Å². The molecular weight excluding hydrogens is 599 g/mol. The number of para-hydroxylation sites is 2. The first-order valence-corrected chi connectivity index (χ1v) is 13.7. The van der Waals surface area contributed by atoms with Crippen LogP contribution in [-0.4, -0.2) is 47.6 Å². The summed E-state index contributed by atoms with van der Waals surface area (Å²) in [6.45, 7) is 0. The van der Waals surface area contributed by atoms with Crippen LogP contribution in [0.2, 0.25) is 0 Å². The Morgan fingerprint density at radius 2 is 0.692 bits per heavy atom. The van der Waals surface area contributed by atoms with Gasteiger partial charge in [0.25, 0.3) is 0 Å². The standard InChI is InChI=1S/2C16H15NS2.Ni/c2*1-17(2)14-11-7-6-10-13(14)16(19)15(18)12-8-4-3-5-9-12;/h2*3-11H,1-2H3;. The second-order valence-corrected chi connectivity index (χ2v) is 10.5. The number of rotatable bonds is 8. The van der Waals surface area contributed by atoms with Crippen LogP contribution in [0, 0.1) is 0 Å². The molecule has 0 heterocycles. The zero-order valence-electron chi connectivity index (χ0n) is 22.2. The van der Waals surface area contributed by atoms with Gasteiger partial charge in [0.05, 0.1) is 19.5 Å². The Morgan fingerprint density at radius 1 is 0.410 bits per heavy atom. The predicted molar refractivity (Wildman–Crippen MR) is 181 cm³/mol. The van der Waals surface area contributed by atoms with E-state index >= 15 is 0 Å². The van der Waals surface area contributed by atoms with Crippen LogP contribution >= 0.6 is 48.9 Å². The molecule has 0 N–H and O–H groups in total. The topological polar surface area (TPSA) is 6.48 Å². The van der Waals surface area contributed by atoms with Crippen molar-refractivity contribution in [3.63, 3.8) is 0 Å². The van der Waals surface area contributed by atoms with Gasteiger partial charge < -0.3 is 9.80 Å². The van der Waals surface area contributed by atoms with E-state index in [2.05, 4.69) is 21.9 Å². The summed E-state index contributed by atoms with van der Waals surface area (Å²) in [4.78, 5) is 7.01. The average Bonchev–Trinajstić information content (AvgIpc) is 2.96. The molecule has 4 rings (SSSR count). The Balaban J connectivity index is 0.000000267. The van der Waals surface area contributed by atoms with Gasteiger partial charge in [0.15, 0.2) is 0 Å². The molecule has 39 heavy (non-hydrogen) atoms. The summed E-state index contributed by atoms with van der Waals surface area (Å²) in [5, 5.41) is 0. The van der Waals surface area contributed by atoms with E-state index in [1.165, 1.54) is 0 Å². The van der Waals surface area contributed by atoms with Crippen LogP contribution in [0.1, 0.15) is 22.3 Å². The van der Waals surface area contributed by atoms with Crippen LogP contribution in [-0.2, 0) is 16.5 Å². The van der Waals surface area contributed by atoms with E-state index in [0.717, 1.165) is 53.1 Å². The largest absolute Gasteiger partial charge is 0.377 e. The molecule has 0 fully saturated rings. The summed E-state index contributed by atoms with van der Waals surface area (Å²) < 4.78 is 0. The van der Waals surface area contributed by atoms with Crippen molar-refractivity contribution in [2.24, 2.45) is 0 Å². The molecule has 4 aromatic rings. The van der Waals surface area contributed by atoms with Gasteiger partial charge in [0.2, 0.25) is 0 Å². The van der Waals surface area contributed by atoms with Crippen LogP contribution in [0.4, 0.5) is 11.4 Å². The maximum Gasteiger partial charge on any atom is 0.0656 e. The molecule has 0 amide bonds. The molecule has 202 valence electrons. The second-order valence-electron chi connectivity index (χ2n) is 8.87. The Bertz CT molecular complexity index is 1320. The molecule has 0 aliphatic carbocycles. The van der Waals surface area contributed by atoms with Crippen molar-refractivity contribution in [1.29, 1.82) is 0 Å². The van der Waals surface area contributed by atoms with Crippen molar-refractivity contribution < 1.29 is 16.5 Å². The van der Waals surface area contributed by atoms with Gasteiger partial charge in [-0.05, 0) is 23.3 Å². The average molecular weight is 630 g/mol. The monoisotopic (exact) mass is 628 g/mol. The Hall–Kier alpha value is -2.67. The molecule has 4 aromatic carbocycles. The maximum atomic E-state index is 5.56. The fourth-order valence-corrected chi connectivity index (χ4v) is 4.87. The van der Waals surface area contributed by atoms with Crippen molar-refractivity contribution in [2.75, 3.05) is 38.0 Å². The number of nitrogens with zero attached hydrogens (tertiary/aromatic N) is 2. The zero-order chi connectivity index (χ0) is 27.7. The Morgan fingerprint density at radius 3 is 1.00 bits per heavy atom. The molecule has 0 saturated carbocycles. The number of benzene rings is 4. The van der Waals surface area contributed by atoms with Gasteiger partial charge in [-0.15, -0.1) is 0 Å². The van der Waals surface area contributed by atoms with E-state index in [4.69, 9.17) is 48.9 Å². The quantitative estimate of drug-likeness (QED) is 0.111. The van der Waals surface area contributed by atoms with Crippen LogP contribution in [0.5, 0.6) is 0 Å². The number of hydrogen-bond acceptors (Lipinski definition) is 6. The summed E-state index contributed by atoms with van der Waals surface area (Å²) in [6, 6.07) is 36.0. The minimum absolute atomic E-state index is 0. The molecule has 0 aliphatic heterocycles. The third kappa shape index (κ3) is 8.66. The van der Waals surface area contributed by atoms with Gasteiger partial charge in [-0.3, -0.25) is 0 Å². The van der Waals surface area contributed by atoms with E-state index in [-0.39, 0.29) is 16.5 Å². The molecule has 0 unspecified atom stereocenters. The van der Waals surface area contributed by atoms with E-state index in [9.17, 15) is 0 Å². The molecule has 0 saturated heterocycles. The molecule has 0 atom stereocenters. The minimum Gasteiger partial charge on any atom is -0.377 e. The number of thiocarbonyl (C=S) groups is 4. The molecule has 2 nitrogen and oxygen atoms in total. The van der Waals surface area contributed by atoms with Crippen molar-refractivity contribution in [3.8, 4) is 0 Å². The number of hydrogen-bond donors (Lipinski definition) is 0. The molecule has 7 heteroatoms. The van der Waals surface area contributed by atoms with Crippen molar-refractivity contribution >= 4 is 79.7 Å². The summed E-state index contributed by atoms with van der Waals surface area (Å²) in [7, 11) is 8.03. The first-order valence-electron chi connectivity index (χ1n) is 12.0. The van der Waals surface area contributed by atoms with Crippen molar-refractivity contribution in [2.45, 2.75) is 0 Å². The molecule has 0 aliphatic rings. The minimum atomic E-state index is 0. The normalized spacial score (nSPS) is 9.74. The molecule has 0 radical (unpaired) electrons. The summed E-state index contributed by atoms with van der Waals surface area (Å²) in [5.41, 5.74) is 6.19. The van der Waals surface area contributed by atoms with Crippen LogP contribution in [0.25, 0.3) is 0 Å². The third-order valence-corrected chi connectivity index (χ3v) is 7.73. The SMILES string of the molecule is CN(C)c1ccccc1C(=S)C(=S)c1ccccc1.CN(C)c1ccccc1C(=S)C(=S)c1ccccc1.[Ni]. The maximum absolute atomic E-state index is 5.56. The fraction of sp³-hybridized carbons (Fsp3) is 0.125. The summed E-state index contributed by atoms with van der Waals surface area (Å²) >= 11 is 22.2. The summed E-state index contributed by atoms with van der Waals surface area (Å²) in [6.07, 6.45) is 0. The Kier molecular flexibility index (Phi) is 13.2. The van der Waals surface area contributed by atoms with Gasteiger partial charge in [0, 0.05) is 67.2 Å². The first-order chi connectivity index (χ1) is 18.2. The molecule has 0 spiro atoms. The van der Waals surface area contributed by atoms with Crippen molar-refractivity contribution in [1.82, 2.24) is 0 Å². The van der Waals surface area contributed by atoms with Gasteiger partial charge in [-0.2, -0.15) is 0 Å². The second kappa shape index (κ2) is 15.8. The smallest absolute Gasteiger partial charge is 0.0656 e. The molecule has 0 bridgehead atoms. The molecular formula is C32H30N2NiS4. The predicted octanol–water partition coefficient (Wildman–Crippen LogP) is 7.78. The van der Waals surface area contributed by atoms with E-state index in [0.29, 0.717) is 0 Å². The van der Waals surface area contributed by atoms with Gasteiger partial charge in [0.1, 0.15) is 0 Å². The van der Waals surface area contributed by atoms with E-state index in [1.807, 2.05) is 125 Å². The zero-order valence-corrected chi connectivity index (χ0v) is 26.5. The molecule has 0 aromatic heterocycles. The van der Waals surface area contributed by atoms with Gasteiger partial charge in [-0.1, -0.05) is 146 Å². The number of anilines is 2. The van der Waals surface area contributed by atoms with Crippen molar-refractivity contribution in [3.05, 3.63) is 131 Å². The van der Waals surface area contributed by atoms with Crippen LogP contribution < -0.4 is 9.80 Å². The van der Waals surface area contributed by atoms with Gasteiger partial charge in [-0.25, -0.2) is 0 Å². The summed E-state index contributed by atoms with van der Waals surface area (Å²) in [5.74, 6) is 0. The van der Waals surface area contributed by atoms with Crippen LogP contribution in [0.3, 0.4) is 0 Å². The van der Waals surface area contributed by atoms with E-state index in [1.54, 1.807) is 0 Å². The third-order valence-electron chi connectivity index (χ3n) is 5.75.